The first kappa shape index (κ1) is 12.8. The third-order valence-corrected chi connectivity index (χ3v) is 3.53. The largest absolute Gasteiger partial charge is 0.477 e. The molecule has 0 aromatic heterocycles. The summed E-state index contributed by atoms with van der Waals surface area (Å²) in [5.41, 5.74) is 0.881. The molecule has 2 amide bonds. The minimum Gasteiger partial charge on any atom is -0.477 e. The van der Waals surface area contributed by atoms with E-state index < -0.39 is 12.1 Å². The van der Waals surface area contributed by atoms with E-state index in [4.69, 9.17) is 4.74 Å². The van der Waals surface area contributed by atoms with Gasteiger partial charge in [0.05, 0.1) is 12.2 Å². The SMILES string of the molecule is O=C1NCCCC1NC(=O)C1CNc2ccccc2O1. The van der Waals surface area contributed by atoms with Crippen LogP contribution in [-0.4, -0.2) is 37.0 Å². The summed E-state index contributed by atoms with van der Waals surface area (Å²) < 4.78 is 5.66. The number of anilines is 1. The van der Waals surface area contributed by atoms with Crippen LogP contribution in [0.4, 0.5) is 5.69 Å². The van der Waals surface area contributed by atoms with Crippen LogP contribution in [0.2, 0.25) is 0 Å². The average Bonchev–Trinajstić information content (AvgIpc) is 2.49. The molecule has 2 aliphatic rings. The smallest absolute Gasteiger partial charge is 0.263 e. The third-order valence-electron chi connectivity index (χ3n) is 3.53. The van der Waals surface area contributed by atoms with Gasteiger partial charge in [-0.15, -0.1) is 0 Å². The molecule has 0 radical (unpaired) electrons. The lowest BCUT2D eigenvalue weighted by Crippen LogP contribution is -2.54. The van der Waals surface area contributed by atoms with Crippen molar-refractivity contribution in [2.24, 2.45) is 0 Å². The Labute approximate surface area is 116 Å². The first-order chi connectivity index (χ1) is 9.74. The number of para-hydroxylation sites is 2. The van der Waals surface area contributed by atoms with E-state index in [2.05, 4.69) is 16.0 Å². The molecule has 0 spiro atoms. The second-order valence-electron chi connectivity index (χ2n) is 4.98. The number of carbonyl (C=O) groups excluding carboxylic acids is 2. The zero-order valence-electron chi connectivity index (χ0n) is 11.0. The van der Waals surface area contributed by atoms with Crippen molar-refractivity contribution in [2.45, 2.75) is 25.0 Å². The predicted octanol–water partition coefficient (Wildman–Crippen LogP) is 0.254. The number of rotatable bonds is 2. The van der Waals surface area contributed by atoms with Crippen LogP contribution in [0.15, 0.2) is 24.3 Å². The number of ether oxygens (including phenoxy) is 1. The molecule has 1 saturated heterocycles. The number of fused-ring (bicyclic) bond motifs is 1. The van der Waals surface area contributed by atoms with Gasteiger partial charge in [0, 0.05) is 6.54 Å². The van der Waals surface area contributed by atoms with Crippen LogP contribution in [0.25, 0.3) is 0 Å². The highest BCUT2D eigenvalue weighted by molar-refractivity contribution is 5.90. The summed E-state index contributed by atoms with van der Waals surface area (Å²) in [6.45, 7) is 1.08. The fourth-order valence-corrected chi connectivity index (χ4v) is 2.43. The number of carbonyl (C=O) groups is 2. The van der Waals surface area contributed by atoms with E-state index in [0.29, 0.717) is 25.3 Å². The highest BCUT2D eigenvalue weighted by atomic mass is 16.5. The quantitative estimate of drug-likeness (QED) is 0.723. The van der Waals surface area contributed by atoms with Gasteiger partial charge < -0.3 is 20.7 Å². The molecule has 2 heterocycles. The average molecular weight is 275 g/mol. The van der Waals surface area contributed by atoms with Gasteiger partial charge in [-0.2, -0.15) is 0 Å². The Morgan fingerprint density at radius 3 is 3.00 bits per heavy atom. The Hall–Kier alpha value is -2.24. The number of hydrogen-bond acceptors (Lipinski definition) is 4. The molecule has 3 N–H and O–H groups in total. The Morgan fingerprint density at radius 2 is 2.15 bits per heavy atom. The van der Waals surface area contributed by atoms with Gasteiger partial charge in [0.1, 0.15) is 11.8 Å². The summed E-state index contributed by atoms with van der Waals surface area (Å²) in [6, 6.07) is 7.03. The van der Waals surface area contributed by atoms with Gasteiger partial charge in [0.2, 0.25) is 5.91 Å². The van der Waals surface area contributed by atoms with Crippen molar-refractivity contribution in [3.8, 4) is 5.75 Å². The normalized spacial score (nSPS) is 24.7. The highest BCUT2D eigenvalue weighted by Gasteiger charge is 2.30. The fourth-order valence-electron chi connectivity index (χ4n) is 2.43. The van der Waals surface area contributed by atoms with E-state index in [0.717, 1.165) is 12.1 Å². The standard InChI is InChI=1S/C14H17N3O3/c18-13-10(5-3-7-15-13)17-14(19)12-8-16-9-4-1-2-6-11(9)20-12/h1-2,4,6,10,12,16H,3,5,7-8H2,(H,15,18)(H,17,19). The van der Waals surface area contributed by atoms with Crippen molar-refractivity contribution >= 4 is 17.5 Å². The van der Waals surface area contributed by atoms with Crippen LogP contribution in [0.5, 0.6) is 5.75 Å². The zero-order chi connectivity index (χ0) is 13.9. The molecule has 0 bridgehead atoms. The molecular weight excluding hydrogens is 258 g/mol. The maximum atomic E-state index is 12.2. The van der Waals surface area contributed by atoms with Gasteiger partial charge in [-0.25, -0.2) is 0 Å². The molecule has 2 aliphatic heterocycles. The van der Waals surface area contributed by atoms with Gasteiger partial charge in [-0.1, -0.05) is 12.1 Å². The number of piperidine rings is 1. The minimum absolute atomic E-state index is 0.117. The van der Waals surface area contributed by atoms with Crippen LogP contribution in [0.3, 0.4) is 0 Å². The third kappa shape index (κ3) is 2.54. The van der Waals surface area contributed by atoms with Crippen LogP contribution in [-0.2, 0) is 9.59 Å². The summed E-state index contributed by atoms with van der Waals surface area (Å²) in [4.78, 5) is 23.8. The summed E-state index contributed by atoms with van der Waals surface area (Å²) in [7, 11) is 0. The lowest BCUT2D eigenvalue weighted by Gasteiger charge is -2.29. The zero-order valence-corrected chi connectivity index (χ0v) is 11.0. The van der Waals surface area contributed by atoms with Crippen LogP contribution < -0.4 is 20.7 Å². The number of hydrogen-bond donors (Lipinski definition) is 3. The molecule has 0 aliphatic carbocycles. The molecule has 6 heteroatoms. The van der Waals surface area contributed by atoms with Crippen molar-refractivity contribution in [3.05, 3.63) is 24.3 Å². The summed E-state index contributed by atoms with van der Waals surface area (Å²) in [5, 5.41) is 8.65. The van der Waals surface area contributed by atoms with Gasteiger partial charge in [0.15, 0.2) is 6.10 Å². The second-order valence-corrected chi connectivity index (χ2v) is 4.98. The first-order valence-electron chi connectivity index (χ1n) is 6.82. The van der Waals surface area contributed by atoms with Gasteiger partial charge in [0.25, 0.3) is 5.91 Å². The molecule has 0 saturated carbocycles. The predicted molar refractivity (Wildman–Crippen MR) is 73.5 cm³/mol. The molecule has 106 valence electrons. The fraction of sp³-hybridized carbons (Fsp3) is 0.429. The van der Waals surface area contributed by atoms with Crippen molar-refractivity contribution in [2.75, 3.05) is 18.4 Å². The molecule has 3 rings (SSSR count). The monoisotopic (exact) mass is 275 g/mol. The van der Waals surface area contributed by atoms with Crippen LogP contribution >= 0.6 is 0 Å². The van der Waals surface area contributed by atoms with Gasteiger partial charge >= 0.3 is 0 Å². The van der Waals surface area contributed by atoms with E-state index in [1.165, 1.54) is 0 Å². The van der Waals surface area contributed by atoms with Crippen molar-refractivity contribution < 1.29 is 14.3 Å². The molecule has 20 heavy (non-hydrogen) atoms. The number of amides is 2. The van der Waals surface area contributed by atoms with Crippen molar-refractivity contribution in [3.63, 3.8) is 0 Å². The molecule has 2 atom stereocenters. The first-order valence-corrected chi connectivity index (χ1v) is 6.82. The molecule has 6 nitrogen and oxygen atoms in total. The summed E-state index contributed by atoms with van der Waals surface area (Å²) in [5.74, 6) is 0.287. The van der Waals surface area contributed by atoms with E-state index in [1.807, 2.05) is 24.3 Å². The second kappa shape index (κ2) is 5.40. The van der Waals surface area contributed by atoms with Crippen LogP contribution in [0.1, 0.15) is 12.8 Å². The maximum Gasteiger partial charge on any atom is 0.263 e. The Morgan fingerprint density at radius 1 is 1.30 bits per heavy atom. The lowest BCUT2D eigenvalue weighted by molar-refractivity contribution is -0.133. The van der Waals surface area contributed by atoms with E-state index >= 15 is 0 Å². The molecule has 1 aromatic carbocycles. The Bertz CT molecular complexity index is 532. The van der Waals surface area contributed by atoms with Gasteiger partial charge in [-0.05, 0) is 25.0 Å². The van der Waals surface area contributed by atoms with E-state index in [1.54, 1.807) is 0 Å². The Balaban J connectivity index is 1.63. The van der Waals surface area contributed by atoms with Crippen molar-refractivity contribution in [1.29, 1.82) is 0 Å². The van der Waals surface area contributed by atoms with E-state index in [9.17, 15) is 9.59 Å². The van der Waals surface area contributed by atoms with E-state index in [-0.39, 0.29) is 11.8 Å². The molecule has 2 unspecified atom stereocenters. The minimum atomic E-state index is -0.611. The lowest BCUT2D eigenvalue weighted by atomic mass is 10.1. The molecule has 1 aromatic rings. The Kier molecular flexibility index (Phi) is 3.45. The van der Waals surface area contributed by atoms with Crippen LogP contribution in [0, 0.1) is 0 Å². The highest BCUT2D eigenvalue weighted by Crippen LogP contribution is 2.28. The molecule has 1 fully saturated rings. The van der Waals surface area contributed by atoms with Crippen molar-refractivity contribution in [1.82, 2.24) is 10.6 Å². The maximum absolute atomic E-state index is 12.2. The van der Waals surface area contributed by atoms with Gasteiger partial charge in [-0.3, -0.25) is 9.59 Å². The number of nitrogens with one attached hydrogen (secondary N) is 3. The topological polar surface area (TPSA) is 79.5 Å². The summed E-state index contributed by atoms with van der Waals surface area (Å²) >= 11 is 0. The number of benzene rings is 1. The summed E-state index contributed by atoms with van der Waals surface area (Å²) in [6.07, 6.45) is 0.942. The molecular formula is C14H17N3O3.